The van der Waals surface area contributed by atoms with E-state index in [4.69, 9.17) is 23.7 Å². The number of carbonyl (C=O) groups excluding carboxylic acids is 2. The summed E-state index contributed by atoms with van der Waals surface area (Å²) in [7, 11) is 0. The van der Waals surface area contributed by atoms with Gasteiger partial charge in [-0.3, -0.25) is 14.5 Å². The second kappa shape index (κ2) is 8.41. The van der Waals surface area contributed by atoms with Crippen LogP contribution in [0.5, 0.6) is 23.0 Å². The van der Waals surface area contributed by atoms with E-state index >= 15 is 0 Å². The second-order valence-corrected chi connectivity index (χ2v) is 7.30. The van der Waals surface area contributed by atoms with Crippen LogP contribution in [0.2, 0.25) is 0 Å². The molecule has 2 aromatic carbocycles. The summed E-state index contributed by atoms with van der Waals surface area (Å²) in [5.74, 6) is 1.14. The third kappa shape index (κ3) is 3.99. The quantitative estimate of drug-likeness (QED) is 0.701. The standard InChI is InChI=1S/C23H21NO7/c25-17-13-21(31-15-4-5-18-20(12-15)30-14-29-18)23(26)22-16(17)2-1-3-19(22)28-11-8-24-6-9-27-10-7-24/h1-5,12-13H,6-11,14H2. The van der Waals surface area contributed by atoms with Crippen molar-refractivity contribution in [1.29, 1.82) is 0 Å². The molecular formula is C23H21NO7. The molecule has 0 unspecified atom stereocenters. The molecule has 0 N–H and O–H groups in total. The molecule has 3 aliphatic rings. The Morgan fingerprint density at radius 2 is 1.84 bits per heavy atom. The van der Waals surface area contributed by atoms with Gasteiger partial charge in [0.05, 0.1) is 18.8 Å². The fraction of sp³-hybridized carbons (Fsp3) is 0.304. The van der Waals surface area contributed by atoms with Crippen LogP contribution < -0.4 is 18.9 Å². The Labute approximate surface area is 178 Å². The topological polar surface area (TPSA) is 83.5 Å². The molecule has 8 nitrogen and oxygen atoms in total. The van der Waals surface area contributed by atoms with Crippen LogP contribution in [0.15, 0.2) is 48.2 Å². The van der Waals surface area contributed by atoms with Crippen LogP contribution >= 0.6 is 0 Å². The number of rotatable bonds is 6. The lowest BCUT2D eigenvalue weighted by Crippen LogP contribution is -2.38. The van der Waals surface area contributed by atoms with Gasteiger partial charge in [0.1, 0.15) is 18.1 Å². The summed E-state index contributed by atoms with van der Waals surface area (Å²) >= 11 is 0. The van der Waals surface area contributed by atoms with E-state index in [-0.39, 0.29) is 23.9 Å². The Morgan fingerprint density at radius 1 is 1.00 bits per heavy atom. The van der Waals surface area contributed by atoms with Gasteiger partial charge in [0, 0.05) is 37.3 Å². The first-order chi connectivity index (χ1) is 15.2. The number of allylic oxidation sites excluding steroid dienone is 2. The Kier molecular flexibility index (Phi) is 5.31. The SMILES string of the molecule is O=C1C=C(Oc2ccc3c(c2)OCO3)C(=O)c2c(OCCN3CCOCC3)cccc21. The molecule has 0 atom stereocenters. The lowest BCUT2D eigenvalue weighted by molar-refractivity contribution is 0.0322. The number of ketones is 2. The third-order valence-electron chi connectivity index (χ3n) is 5.35. The van der Waals surface area contributed by atoms with Gasteiger partial charge in [-0.05, 0) is 18.2 Å². The summed E-state index contributed by atoms with van der Waals surface area (Å²) in [6.07, 6.45) is 1.22. The molecule has 1 saturated heterocycles. The normalized spacial score (nSPS) is 17.9. The maximum Gasteiger partial charge on any atom is 0.232 e. The minimum Gasteiger partial charge on any atom is -0.491 e. The number of ether oxygens (including phenoxy) is 5. The van der Waals surface area contributed by atoms with Gasteiger partial charge >= 0.3 is 0 Å². The lowest BCUT2D eigenvalue weighted by atomic mass is 9.92. The highest BCUT2D eigenvalue weighted by Crippen LogP contribution is 2.37. The van der Waals surface area contributed by atoms with E-state index in [2.05, 4.69) is 4.90 Å². The van der Waals surface area contributed by atoms with Gasteiger partial charge in [0.15, 0.2) is 23.0 Å². The monoisotopic (exact) mass is 423 g/mol. The van der Waals surface area contributed by atoms with E-state index in [9.17, 15) is 9.59 Å². The van der Waals surface area contributed by atoms with Crippen molar-refractivity contribution in [3.8, 4) is 23.0 Å². The third-order valence-corrected chi connectivity index (χ3v) is 5.35. The molecule has 0 saturated carbocycles. The number of nitrogens with zero attached hydrogens (tertiary/aromatic N) is 1. The first-order valence-corrected chi connectivity index (χ1v) is 10.1. The van der Waals surface area contributed by atoms with Crippen LogP contribution in [0.25, 0.3) is 0 Å². The summed E-state index contributed by atoms with van der Waals surface area (Å²) in [5.41, 5.74) is 0.541. The van der Waals surface area contributed by atoms with Gasteiger partial charge in [0.25, 0.3) is 0 Å². The van der Waals surface area contributed by atoms with Crippen molar-refractivity contribution < 1.29 is 33.3 Å². The molecule has 2 aromatic rings. The number of hydrogen-bond acceptors (Lipinski definition) is 8. The fourth-order valence-electron chi connectivity index (χ4n) is 3.73. The summed E-state index contributed by atoms with van der Waals surface area (Å²) in [6.45, 7) is 4.37. The van der Waals surface area contributed by atoms with Crippen molar-refractivity contribution in [3.63, 3.8) is 0 Å². The Morgan fingerprint density at radius 3 is 2.71 bits per heavy atom. The number of morpholine rings is 1. The molecule has 1 fully saturated rings. The van der Waals surface area contributed by atoms with E-state index in [0.29, 0.717) is 54.9 Å². The van der Waals surface area contributed by atoms with Crippen LogP contribution in [0.3, 0.4) is 0 Å². The average Bonchev–Trinajstić information content (AvgIpc) is 3.26. The minimum absolute atomic E-state index is 0.0550. The Balaban J connectivity index is 1.33. The molecule has 0 aromatic heterocycles. The minimum atomic E-state index is -0.394. The van der Waals surface area contributed by atoms with E-state index < -0.39 is 5.78 Å². The smallest absolute Gasteiger partial charge is 0.232 e. The molecule has 160 valence electrons. The van der Waals surface area contributed by atoms with Crippen LogP contribution in [0.4, 0.5) is 0 Å². The average molecular weight is 423 g/mol. The first-order valence-electron chi connectivity index (χ1n) is 10.1. The Bertz CT molecular complexity index is 1060. The molecule has 31 heavy (non-hydrogen) atoms. The van der Waals surface area contributed by atoms with Crippen LogP contribution in [0.1, 0.15) is 20.7 Å². The maximum atomic E-state index is 13.2. The van der Waals surface area contributed by atoms with Gasteiger partial charge < -0.3 is 23.7 Å². The summed E-state index contributed by atoms with van der Waals surface area (Å²) in [6, 6.07) is 10.0. The van der Waals surface area contributed by atoms with Crippen molar-refractivity contribution in [2.24, 2.45) is 0 Å². The van der Waals surface area contributed by atoms with Gasteiger partial charge in [0.2, 0.25) is 12.6 Å². The molecule has 0 amide bonds. The Hall–Kier alpha value is -3.36. The maximum absolute atomic E-state index is 13.2. The van der Waals surface area contributed by atoms with Crippen molar-refractivity contribution in [1.82, 2.24) is 4.90 Å². The predicted molar refractivity (Wildman–Crippen MR) is 109 cm³/mol. The summed E-state index contributed by atoms with van der Waals surface area (Å²) < 4.78 is 27.6. The molecule has 0 bridgehead atoms. The molecule has 2 aliphatic heterocycles. The zero-order chi connectivity index (χ0) is 21.2. The van der Waals surface area contributed by atoms with Gasteiger partial charge in [-0.2, -0.15) is 0 Å². The van der Waals surface area contributed by atoms with Crippen LogP contribution in [-0.4, -0.2) is 62.7 Å². The number of hydrogen-bond donors (Lipinski definition) is 0. The van der Waals surface area contributed by atoms with Crippen LogP contribution in [0, 0.1) is 0 Å². The second-order valence-electron chi connectivity index (χ2n) is 7.30. The van der Waals surface area contributed by atoms with Gasteiger partial charge in [-0.1, -0.05) is 12.1 Å². The number of Topliss-reactive ketones (excluding diaryl/α,β-unsaturated/α-hetero) is 1. The lowest BCUT2D eigenvalue weighted by Gasteiger charge is -2.26. The molecule has 8 heteroatoms. The zero-order valence-corrected chi connectivity index (χ0v) is 16.8. The van der Waals surface area contributed by atoms with Crippen molar-refractivity contribution >= 4 is 11.6 Å². The van der Waals surface area contributed by atoms with Gasteiger partial charge in [-0.15, -0.1) is 0 Å². The number of benzene rings is 2. The van der Waals surface area contributed by atoms with E-state index in [1.54, 1.807) is 36.4 Å². The van der Waals surface area contributed by atoms with Crippen molar-refractivity contribution in [2.45, 2.75) is 0 Å². The van der Waals surface area contributed by atoms with Crippen molar-refractivity contribution in [3.05, 3.63) is 59.4 Å². The number of carbonyl (C=O) groups is 2. The summed E-state index contributed by atoms with van der Waals surface area (Å²) in [4.78, 5) is 28.1. The molecule has 5 rings (SSSR count). The number of fused-ring (bicyclic) bond motifs is 2. The van der Waals surface area contributed by atoms with E-state index in [1.807, 2.05) is 0 Å². The van der Waals surface area contributed by atoms with Crippen molar-refractivity contribution in [2.75, 3.05) is 46.2 Å². The molecule has 0 radical (unpaired) electrons. The highest BCUT2D eigenvalue weighted by Gasteiger charge is 2.31. The summed E-state index contributed by atoms with van der Waals surface area (Å²) in [5, 5.41) is 0. The molecular weight excluding hydrogens is 402 g/mol. The van der Waals surface area contributed by atoms with E-state index in [1.165, 1.54) is 6.08 Å². The highest BCUT2D eigenvalue weighted by molar-refractivity contribution is 6.25. The van der Waals surface area contributed by atoms with Gasteiger partial charge in [-0.25, -0.2) is 0 Å². The fourth-order valence-corrected chi connectivity index (χ4v) is 3.73. The largest absolute Gasteiger partial charge is 0.491 e. The van der Waals surface area contributed by atoms with Crippen LogP contribution in [-0.2, 0) is 4.74 Å². The molecule has 2 heterocycles. The molecule has 0 spiro atoms. The van der Waals surface area contributed by atoms with E-state index in [0.717, 1.165) is 13.1 Å². The zero-order valence-electron chi connectivity index (χ0n) is 16.8. The predicted octanol–water partition coefficient (Wildman–Crippen LogP) is 2.47. The highest BCUT2D eigenvalue weighted by atomic mass is 16.7. The first kappa shape index (κ1) is 19.6. The molecule has 1 aliphatic carbocycles.